The molecule has 0 aliphatic carbocycles. The number of rotatable bonds is 14. The van der Waals surface area contributed by atoms with E-state index in [1.54, 1.807) is 37.6 Å². The van der Waals surface area contributed by atoms with Gasteiger partial charge in [0.2, 0.25) is 5.91 Å². The minimum Gasteiger partial charge on any atom is -0.548 e. The number of imidazole rings is 1. The van der Waals surface area contributed by atoms with E-state index in [1.807, 2.05) is 59.4 Å². The fraction of sp³-hybridized carbons (Fsp3) is 0.314. The van der Waals surface area contributed by atoms with Crippen molar-refractivity contribution in [3.8, 4) is 6.07 Å². The van der Waals surface area contributed by atoms with Crippen LogP contribution in [-0.4, -0.2) is 74.3 Å². The van der Waals surface area contributed by atoms with E-state index in [4.69, 9.17) is 5.26 Å². The van der Waals surface area contributed by atoms with Crippen LogP contribution in [0.1, 0.15) is 42.1 Å². The van der Waals surface area contributed by atoms with Crippen LogP contribution in [0.4, 0.5) is 4.79 Å². The van der Waals surface area contributed by atoms with Crippen molar-refractivity contribution in [2.75, 3.05) is 25.1 Å². The number of urea groups is 1. The Morgan fingerprint density at radius 1 is 1.08 bits per heavy atom. The van der Waals surface area contributed by atoms with E-state index in [1.165, 1.54) is 21.6 Å². The van der Waals surface area contributed by atoms with Gasteiger partial charge in [-0.2, -0.15) is 17.0 Å². The molecule has 2 unspecified atom stereocenters. The molecule has 0 spiro atoms. The molecule has 242 valence electrons. The molecule has 4 aromatic rings. The summed E-state index contributed by atoms with van der Waals surface area (Å²) < 4.78 is 1.98. The minimum atomic E-state index is -1.52. The van der Waals surface area contributed by atoms with Crippen LogP contribution in [-0.2, 0) is 32.9 Å². The Morgan fingerprint density at radius 3 is 2.52 bits per heavy atom. The van der Waals surface area contributed by atoms with Crippen molar-refractivity contribution in [1.29, 1.82) is 5.26 Å². The van der Waals surface area contributed by atoms with Crippen molar-refractivity contribution >= 4 is 46.3 Å². The number of carboxylic acid groups (broad SMARTS) is 1. The SMILES string of the molecule is CSCCC(NC(=O)CN1C(=O)N(CCCc2cncn2Cc2ccc(C#N)cc2)C(=O)C1(C)c1cccc2ccccc12)C(=O)[O-].[Li+]. The number of benzene rings is 3. The summed E-state index contributed by atoms with van der Waals surface area (Å²) in [6.07, 6.45) is 6.44. The number of nitrogens with zero attached hydrogens (tertiary/aromatic N) is 5. The van der Waals surface area contributed by atoms with Gasteiger partial charge < -0.3 is 19.8 Å². The molecule has 1 aliphatic rings. The second-order valence-electron chi connectivity index (χ2n) is 11.6. The molecule has 1 fully saturated rings. The number of aryl methyl sites for hydroxylation is 1. The molecule has 48 heavy (non-hydrogen) atoms. The molecular weight excluding hydrogens is 623 g/mol. The van der Waals surface area contributed by atoms with Gasteiger partial charge in [-0.25, -0.2) is 9.78 Å². The van der Waals surface area contributed by atoms with Crippen molar-refractivity contribution < 1.29 is 43.1 Å². The number of amides is 4. The number of nitriles is 1. The standard InChI is InChI=1S/C35H36N6O5S.Li/c1-35(29-11-5-8-26-7-3-4-10-28(26)29)33(45)40(34(46)41(35)22-31(42)38-30(32(43)44)16-18-47-2)17-6-9-27-20-37-23-39(27)21-25-14-12-24(19-36)13-15-25;/h3-5,7-8,10-15,20,23,30H,6,9,16-18,21-22H2,1-2H3,(H,38,42)(H,43,44);/q;+1/p-1. The molecule has 1 aliphatic heterocycles. The van der Waals surface area contributed by atoms with Gasteiger partial charge in [-0.3, -0.25) is 19.4 Å². The molecule has 13 heteroatoms. The van der Waals surface area contributed by atoms with Crippen molar-refractivity contribution in [2.24, 2.45) is 0 Å². The number of carbonyl (C=O) groups is 4. The summed E-state index contributed by atoms with van der Waals surface area (Å²) in [5, 5.41) is 24.9. The first kappa shape index (κ1) is 36.3. The average molecular weight is 659 g/mol. The zero-order valence-corrected chi connectivity index (χ0v) is 28.0. The second-order valence-corrected chi connectivity index (χ2v) is 12.6. The molecule has 1 saturated heterocycles. The third kappa shape index (κ3) is 7.60. The van der Waals surface area contributed by atoms with Crippen molar-refractivity contribution in [2.45, 2.75) is 44.3 Å². The number of hydrogen-bond donors (Lipinski definition) is 1. The number of aliphatic carboxylic acids is 1. The molecule has 4 amide bonds. The maximum absolute atomic E-state index is 14.3. The largest absolute Gasteiger partial charge is 1.00 e. The number of imide groups is 1. The van der Waals surface area contributed by atoms with Crippen molar-refractivity contribution in [3.63, 3.8) is 0 Å². The molecule has 1 aromatic heterocycles. The third-order valence-electron chi connectivity index (χ3n) is 8.56. The summed E-state index contributed by atoms with van der Waals surface area (Å²) in [5.74, 6) is -2.07. The predicted octanol–water partition coefficient (Wildman–Crippen LogP) is 0.0603. The smallest absolute Gasteiger partial charge is 0.548 e. The van der Waals surface area contributed by atoms with Gasteiger partial charge in [-0.1, -0.05) is 54.6 Å². The van der Waals surface area contributed by atoms with Gasteiger partial charge in [0, 0.05) is 25.0 Å². The van der Waals surface area contributed by atoms with E-state index in [9.17, 15) is 24.3 Å². The first-order chi connectivity index (χ1) is 22.7. The average Bonchev–Trinajstić information content (AvgIpc) is 3.59. The number of aromatic nitrogens is 2. The summed E-state index contributed by atoms with van der Waals surface area (Å²) in [5.41, 5.74) is 1.55. The molecule has 2 heterocycles. The summed E-state index contributed by atoms with van der Waals surface area (Å²) in [6, 6.07) is 20.6. The zero-order valence-electron chi connectivity index (χ0n) is 27.2. The number of nitrogens with one attached hydrogen (secondary N) is 1. The second kappa shape index (κ2) is 16.0. The quantitative estimate of drug-likeness (QED) is 0.148. The summed E-state index contributed by atoms with van der Waals surface area (Å²) in [6.45, 7) is 1.78. The molecule has 1 N–H and O–H groups in total. The number of carboxylic acids is 1. The van der Waals surface area contributed by atoms with E-state index in [0.29, 0.717) is 36.3 Å². The zero-order chi connectivity index (χ0) is 33.6. The van der Waals surface area contributed by atoms with E-state index in [0.717, 1.165) is 22.0 Å². The van der Waals surface area contributed by atoms with Gasteiger partial charge in [0.15, 0.2) is 0 Å². The third-order valence-corrected chi connectivity index (χ3v) is 9.20. The van der Waals surface area contributed by atoms with Gasteiger partial charge in [0.05, 0.1) is 30.0 Å². The van der Waals surface area contributed by atoms with Crippen LogP contribution >= 0.6 is 11.8 Å². The Labute approximate surface area is 295 Å². The summed E-state index contributed by atoms with van der Waals surface area (Å²) in [7, 11) is 0. The molecular formula is C35H35LiN6O5S. The van der Waals surface area contributed by atoms with Crippen LogP contribution in [0.5, 0.6) is 0 Å². The van der Waals surface area contributed by atoms with Crippen LogP contribution < -0.4 is 29.3 Å². The molecule has 2 atom stereocenters. The van der Waals surface area contributed by atoms with Crippen LogP contribution in [0.2, 0.25) is 0 Å². The molecule has 3 aromatic carbocycles. The Morgan fingerprint density at radius 2 is 1.81 bits per heavy atom. The fourth-order valence-electron chi connectivity index (χ4n) is 6.00. The van der Waals surface area contributed by atoms with Crippen LogP contribution in [0, 0.1) is 11.3 Å². The van der Waals surface area contributed by atoms with E-state index in [2.05, 4.69) is 16.4 Å². The maximum atomic E-state index is 14.3. The normalized spacial score (nSPS) is 16.4. The topological polar surface area (TPSA) is 151 Å². The first-order valence-corrected chi connectivity index (χ1v) is 16.7. The van der Waals surface area contributed by atoms with Crippen molar-refractivity contribution in [3.05, 3.63) is 102 Å². The number of carbonyl (C=O) groups excluding carboxylic acids is 4. The summed E-state index contributed by atoms with van der Waals surface area (Å²) >= 11 is 1.44. The van der Waals surface area contributed by atoms with E-state index in [-0.39, 0.29) is 31.8 Å². The minimum absolute atomic E-state index is 0. The molecule has 0 bridgehead atoms. The number of thioether (sulfide) groups is 1. The molecule has 0 radical (unpaired) electrons. The van der Waals surface area contributed by atoms with Crippen molar-refractivity contribution in [1.82, 2.24) is 24.7 Å². The van der Waals surface area contributed by atoms with Crippen LogP contribution in [0.15, 0.2) is 79.3 Å². The number of fused-ring (bicyclic) bond motifs is 1. The van der Waals surface area contributed by atoms with E-state index < -0.39 is 41.9 Å². The first-order valence-electron chi connectivity index (χ1n) is 15.3. The maximum Gasteiger partial charge on any atom is 1.00 e. The summed E-state index contributed by atoms with van der Waals surface area (Å²) in [4.78, 5) is 60.0. The number of hydrogen-bond acceptors (Lipinski definition) is 8. The van der Waals surface area contributed by atoms with Gasteiger partial charge >= 0.3 is 24.9 Å². The molecule has 5 rings (SSSR count). The molecule has 0 saturated carbocycles. The Balaban J connectivity index is 0.00000520. The van der Waals surface area contributed by atoms with Gasteiger partial charge in [0.1, 0.15) is 12.1 Å². The Bertz CT molecular complexity index is 1840. The monoisotopic (exact) mass is 658 g/mol. The Hall–Kier alpha value is -4.55. The van der Waals surface area contributed by atoms with Crippen LogP contribution in [0.3, 0.4) is 0 Å². The van der Waals surface area contributed by atoms with Crippen LogP contribution in [0.25, 0.3) is 10.8 Å². The predicted molar refractivity (Wildman–Crippen MR) is 176 cm³/mol. The van der Waals surface area contributed by atoms with Gasteiger partial charge in [0.25, 0.3) is 5.91 Å². The van der Waals surface area contributed by atoms with Gasteiger partial charge in [-0.15, -0.1) is 0 Å². The van der Waals surface area contributed by atoms with E-state index >= 15 is 0 Å². The van der Waals surface area contributed by atoms with Gasteiger partial charge in [-0.05, 0) is 72.2 Å². The Kier molecular flexibility index (Phi) is 12.1. The fourth-order valence-corrected chi connectivity index (χ4v) is 6.47. The molecule has 11 nitrogen and oxygen atoms in total.